The van der Waals surface area contributed by atoms with Crippen molar-refractivity contribution in [1.29, 1.82) is 0 Å². The number of rotatable bonds is 4. The zero-order valence-corrected chi connectivity index (χ0v) is 16.2. The molecule has 1 aliphatic heterocycles. The average Bonchev–Trinajstić information content (AvgIpc) is 2.64. The fraction of sp³-hybridized carbons (Fsp3) is 0.278. The van der Waals surface area contributed by atoms with Gasteiger partial charge in [0, 0.05) is 19.1 Å². The van der Waals surface area contributed by atoms with Crippen LogP contribution >= 0.6 is 23.2 Å². The molecule has 1 N–H and O–H groups in total. The van der Waals surface area contributed by atoms with Gasteiger partial charge in [0.1, 0.15) is 0 Å². The Kier molecular flexibility index (Phi) is 5.87. The van der Waals surface area contributed by atoms with Gasteiger partial charge in [0.15, 0.2) is 0 Å². The van der Waals surface area contributed by atoms with Gasteiger partial charge < -0.3 is 4.90 Å². The van der Waals surface area contributed by atoms with E-state index in [2.05, 4.69) is 4.72 Å². The summed E-state index contributed by atoms with van der Waals surface area (Å²) in [6.07, 6.45) is 1.08. The van der Waals surface area contributed by atoms with E-state index in [0.29, 0.717) is 36.5 Å². The first-order chi connectivity index (χ1) is 12.4. The minimum absolute atomic E-state index is 0.193. The number of hydrogen-bond acceptors (Lipinski definition) is 3. The number of halogens is 2. The lowest BCUT2D eigenvalue weighted by Crippen LogP contribution is -2.46. The second-order valence-corrected chi connectivity index (χ2v) is 8.60. The molecule has 1 heterocycles. The van der Waals surface area contributed by atoms with Crippen LogP contribution in [0.1, 0.15) is 23.2 Å². The summed E-state index contributed by atoms with van der Waals surface area (Å²) in [6, 6.07) is 13.0. The molecule has 3 rings (SSSR count). The van der Waals surface area contributed by atoms with Gasteiger partial charge in [-0.1, -0.05) is 47.5 Å². The van der Waals surface area contributed by atoms with Crippen LogP contribution in [0.3, 0.4) is 0 Å². The molecule has 2 aromatic rings. The minimum Gasteiger partial charge on any atom is -0.338 e. The van der Waals surface area contributed by atoms with Crippen LogP contribution in [0.5, 0.6) is 0 Å². The van der Waals surface area contributed by atoms with Crippen molar-refractivity contribution in [2.45, 2.75) is 23.8 Å². The van der Waals surface area contributed by atoms with Crippen LogP contribution < -0.4 is 4.72 Å². The van der Waals surface area contributed by atoms with E-state index >= 15 is 0 Å². The summed E-state index contributed by atoms with van der Waals surface area (Å²) >= 11 is 12.1. The van der Waals surface area contributed by atoms with Gasteiger partial charge in [-0.15, -0.1) is 0 Å². The summed E-state index contributed by atoms with van der Waals surface area (Å²) in [7, 11) is -3.55. The molecule has 138 valence electrons. The average molecular weight is 413 g/mol. The van der Waals surface area contributed by atoms with Gasteiger partial charge in [0.25, 0.3) is 5.91 Å². The number of likely N-dealkylation sites (tertiary alicyclic amines) is 1. The number of nitrogens with zero attached hydrogens (tertiary/aromatic N) is 1. The molecule has 1 amide bonds. The number of carbonyl (C=O) groups excluding carboxylic acids is 1. The molecule has 0 spiro atoms. The number of hydrogen-bond donors (Lipinski definition) is 1. The van der Waals surface area contributed by atoms with Crippen LogP contribution in [0.4, 0.5) is 0 Å². The van der Waals surface area contributed by atoms with Crippen molar-refractivity contribution >= 4 is 39.1 Å². The lowest BCUT2D eigenvalue weighted by Gasteiger charge is -2.32. The summed E-state index contributed by atoms with van der Waals surface area (Å²) in [5.74, 6) is -0.193. The van der Waals surface area contributed by atoms with E-state index in [-0.39, 0.29) is 21.9 Å². The minimum atomic E-state index is -3.55. The maximum atomic E-state index is 12.6. The normalized spacial score (nSPS) is 15.8. The zero-order chi connectivity index (χ0) is 18.7. The second-order valence-electron chi connectivity index (χ2n) is 6.10. The van der Waals surface area contributed by atoms with Crippen LogP contribution in [-0.4, -0.2) is 38.4 Å². The maximum Gasteiger partial charge on any atom is 0.255 e. The Morgan fingerprint density at radius 1 is 1.00 bits per heavy atom. The van der Waals surface area contributed by atoms with Gasteiger partial charge in [-0.2, -0.15) is 0 Å². The molecule has 1 fully saturated rings. The van der Waals surface area contributed by atoms with Gasteiger partial charge in [-0.3, -0.25) is 4.79 Å². The number of amides is 1. The highest BCUT2D eigenvalue weighted by Gasteiger charge is 2.28. The van der Waals surface area contributed by atoms with Crippen LogP contribution in [0.15, 0.2) is 53.4 Å². The molecule has 0 aromatic heterocycles. The van der Waals surface area contributed by atoms with E-state index in [1.807, 2.05) is 0 Å². The van der Waals surface area contributed by atoms with E-state index < -0.39 is 10.0 Å². The number of carbonyl (C=O) groups is 1. The fourth-order valence-electron chi connectivity index (χ4n) is 2.93. The first kappa shape index (κ1) is 19.2. The predicted octanol–water partition coefficient (Wildman–Crippen LogP) is 3.58. The number of piperidine rings is 1. The third-order valence-electron chi connectivity index (χ3n) is 4.34. The summed E-state index contributed by atoms with van der Waals surface area (Å²) in [4.78, 5) is 14.5. The predicted molar refractivity (Wildman–Crippen MR) is 102 cm³/mol. The van der Waals surface area contributed by atoms with Crippen LogP contribution in [-0.2, 0) is 10.0 Å². The Bertz CT molecular complexity index is 896. The fourth-order valence-corrected chi connectivity index (χ4v) is 4.63. The van der Waals surface area contributed by atoms with Crippen molar-refractivity contribution < 1.29 is 13.2 Å². The van der Waals surface area contributed by atoms with Crippen molar-refractivity contribution in [3.8, 4) is 0 Å². The van der Waals surface area contributed by atoms with Gasteiger partial charge in [-0.25, -0.2) is 13.1 Å². The van der Waals surface area contributed by atoms with Gasteiger partial charge in [0.2, 0.25) is 10.0 Å². The lowest BCUT2D eigenvalue weighted by molar-refractivity contribution is 0.0711. The van der Waals surface area contributed by atoms with Crippen LogP contribution in [0, 0.1) is 0 Å². The number of sulfonamides is 1. The molecule has 0 bridgehead atoms. The third kappa shape index (κ3) is 4.20. The molecule has 8 heteroatoms. The lowest BCUT2D eigenvalue weighted by atomic mass is 10.0. The smallest absolute Gasteiger partial charge is 0.255 e. The molecule has 1 saturated heterocycles. The summed E-state index contributed by atoms with van der Waals surface area (Å²) in [5, 5.41) is 0.578. The molecule has 0 atom stereocenters. The molecule has 5 nitrogen and oxygen atoms in total. The quantitative estimate of drug-likeness (QED) is 0.834. The molecule has 0 aliphatic carbocycles. The number of benzene rings is 2. The van der Waals surface area contributed by atoms with Gasteiger partial charge in [0.05, 0.1) is 20.5 Å². The van der Waals surface area contributed by atoms with Crippen molar-refractivity contribution in [3.05, 3.63) is 64.1 Å². The Morgan fingerprint density at radius 3 is 2.31 bits per heavy atom. The molecular weight excluding hydrogens is 395 g/mol. The number of nitrogens with one attached hydrogen (secondary N) is 1. The molecule has 0 saturated carbocycles. The highest BCUT2D eigenvalue weighted by atomic mass is 35.5. The third-order valence-corrected chi connectivity index (χ3v) is 6.69. The van der Waals surface area contributed by atoms with Gasteiger partial charge >= 0.3 is 0 Å². The van der Waals surface area contributed by atoms with E-state index in [0.717, 1.165) is 0 Å². The van der Waals surface area contributed by atoms with Crippen molar-refractivity contribution in [2.75, 3.05) is 13.1 Å². The summed E-state index contributed by atoms with van der Waals surface area (Å²) in [6.45, 7) is 0.896. The molecule has 26 heavy (non-hydrogen) atoms. The first-order valence-electron chi connectivity index (χ1n) is 8.19. The highest BCUT2D eigenvalue weighted by Crippen LogP contribution is 2.27. The van der Waals surface area contributed by atoms with E-state index in [1.54, 1.807) is 53.4 Å². The Balaban J connectivity index is 1.63. The van der Waals surface area contributed by atoms with E-state index in [1.165, 1.54) is 0 Å². The highest BCUT2D eigenvalue weighted by molar-refractivity contribution is 7.89. The Hall–Kier alpha value is -1.60. The van der Waals surface area contributed by atoms with Crippen LogP contribution in [0.25, 0.3) is 0 Å². The van der Waals surface area contributed by atoms with Crippen LogP contribution in [0.2, 0.25) is 10.0 Å². The summed E-state index contributed by atoms with van der Waals surface area (Å²) in [5.41, 5.74) is 0.363. The maximum absolute atomic E-state index is 12.6. The first-order valence-corrected chi connectivity index (χ1v) is 10.4. The molecular formula is C18H18Cl2N2O3S. The largest absolute Gasteiger partial charge is 0.338 e. The molecule has 0 radical (unpaired) electrons. The monoisotopic (exact) mass is 412 g/mol. The second kappa shape index (κ2) is 7.96. The van der Waals surface area contributed by atoms with E-state index in [9.17, 15) is 13.2 Å². The molecule has 1 aliphatic rings. The Morgan fingerprint density at radius 2 is 1.65 bits per heavy atom. The van der Waals surface area contributed by atoms with E-state index in [4.69, 9.17) is 23.2 Å². The van der Waals surface area contributed by atoms with Crippen molar-refractivity contribution in [2.24, 2.45) is 0 Å². The summed E-state index contributed by atoms with van der Waals surface area (Å²) < 4.78 is 27.5. The van der Waals surface area contributed by atoms with Crippen molar-refractivity contribution in [1.82, 2.24) is 9.62 Å². The Labute approximate surface area is 163 Å². The SMILES string of the molecule is O=C(c1cccc(Cl)c1Cl)N1CCC(NS(=O)(=O)c2ccccc2)CC1. The molecule has 0 unspecified atom stereocenters. The standard InChI is InChI=1S/C18H18Cl2N2O3S/c19-16-8-4-7-15(17(16)20)18(23)22-11-9-13(10-12-22)21-26(24,25)14-5-2-1-3-6-14/h1-8,13,21H,9-12H2. The van der Waals surface area contributed by atoms with Crippen molar-refractivity contribution in [3.63, 3.8) is 0 Å². The van der Waals surface area contributed by atoms with Gasteiger partial charge in [-0.05, 0) is 37.1 Å². The zero-order valence-electron chi connectivity index (χ0n) is 13.9. The topological polar surface area (TPSA) is 66.5 Å². The molecule has 2 aromatic carbocycles.